The van der Waals surface area contributed by atoms with Crippen LogP contribution in [-0.2, 0) is 0 Å². The zero-order valence-corrected chi connectivity index (χ0v) is 12.6. The molecule has 1 unspecified atom stereocenters. The fourth-order valence-corrected chi connectivity index (χ4v) is 2.79. The van der Waals surface area contributed by atoms with Crippen molar-refractivity contribution in [3.8, 4) is 0 Å². The topological polar surface area (TPSA) is 12.0 Å². The van der Waals surface area contributed by atoms with Crippen molar-refractivity contribution in [2.45, 2.75) is 19.9 Å². The lowest BCUT2D eigenvalue weighted by Crippen LogP contribution is -2.19. The van der Waals surface area contributed by atoms with E-state index in [1.807, 2.05) is 13.1 Å². The molecule has 2 rings (SSSR count). The molecule has 1 N–H and O–H groups in total. The molecular formula is C16H18BrN. The molecule has 2 aromatic rings. The summed E-state index contributed by atoms with van der Waals surface area (Å²) in [5.41, 5.74) is 5.30. The third-order valence-corrected chi connectivity index (χ3v) is 4.18. The van der Waals surface area contributed by atoms with Crippen LogP contribution in [0.3, 0.4) is 0 Å². The van der Waals surface area contributed by atoms with Crippen molar-refractivity contribution in [1.82, 2.24) is 5.32 Å². The molecule has 0 radical (unpaired) electrons. The third-order valence-electron chi connectivity index (χ3n) is 3.46. The lowest BCUT2D eigenvalue weighted by Gasteiger charge is -2.21. The molecule has 0 aliphatic carbocycles. The van der Waals surface area contributed by atoms with Crippen LogP contribution in [0.15, 0.2) is 46.9 Å². The van der Waals surface area contributed by atoms with Gasteiger partial charge in [0.05, 0.1) is 6.04 Å². The Labute approximate surface area is 117 Å². The molecule has 0 fully saturated rings. The molecule has 1 nitrogen and oxygen atoms in total. The SMILES string of the molecule is CNC(c1ccccc1Br)c1cccc(C)c1C. The number of aryl methyl sites for hydroxylation is 1. The number of hydrogen-bond acceptors (Lipinski definition) is 1. The second-order valence-electron chi connectivity index (χ2n) is 4.53. The lowest BCUT2D eigenvalue weighted by molar-refractivity contribution is 0.684. The van der Waals surface area contributed by atoms with Crippen molar-refractivity contribution in [2.24, 2.45) is 0 Å². The Hall–Kier alpha value is -1.12. The Balaban J connectivity index is 2.53. The Morgan fingerprint density at radius 3 is 2.28 bits per heavy atom. The molecule has 0 heterocycles. The average Bonchev–Trinajstić information content (AvgIpc) is 2.37. The van der Waals surface area contributed by atoms with Gasteiger partial charge in [0.1, 0.15) is 0 Å². The van der Waals surface area contributed by atoms with Crippen molar-refractivity contribution < 1.29 is 0 Å². The van der Waals surface area contributed by atoms with Crippen LogP contribution in [0.1, 0.15) is 28.3 Å². The first-order valence-corrected chi connectivity index (χ1v) is 6.92. The number of benzene rings is 2. The van der Waals surface area contributed by atoms with Crippen LogP contribution >= 0.6 is 15.9 Å². The largest absolute Gasteiger partial charge is 0.309 e. The Morgan fingerprint density at radius 1 is 0.944 bits per heavy atom. The molecule has 0 amide bonds. The van der Waals surface area contributed by atoms with Gasteiger partial charge in [-0.3, -0.25) is 0 Å². The summed E-state index contributed by atoms with van der Waals surface area (Å²) < 4.78 is 1.14. The lowest BCUT2D eigenvalue weighted by atomic mass is 9.93. The molecular weight excluding hydrogens is 286 g/mol. The van der Waals surface area contributed by atoms with Gasteiger partial charge in [-0.15, -0.1) is 0 Å². The van der Waals surface area contributed by atoms with Crippen molar-refractivity contribution >= 4 is 15.9 Å². The molecule has 0 saturated heterocycles. The highest BCUT2D eigenvalue weighted by Crippen LogP contribution is 2.30. The zero-order valence-electron chi connectivity index (χ0n) is 11.0. The van der Waals surface area contributed by atoms with Gasteiger partial charge in [-0.05, 0) is 49.2 Å². The summed E-state index contributed by atoms with van der Waals surface area (Å²) in [6.07, 6.45) is 0. The van der Waals surface area contributed by atoms with Crippen LogP contribution in [0.2, 0.25) is 0 Å². The highest BCUT2D eigenvalue weighted by molar-refractivity contribution is 9.10. The summed E-state index contributed by atoms with van der Waals surface area (Å²) in [4.78, 5) is 0. The van der Waals surface area contributed by atoms with Gasteiger partial charge in [0.2, 0.25) is 0 Å². The fraction of sp³-hybridized carbons (Fsp3) is 0.250. The van der Waals surface area contributed by atoms with Crippen molar-refractivity contribution in [3.05, 3.63) is 69.2 Å². The van der Waals surface area contributed by atoms with E-state index in [9.17, 15) is 0 Å². The van der Waals surface area contributed by atoms with E-state index in [0.29, 0.717) is 0 Å². The highest BCUT2D eigenvalue weighted by Gasteiger charge is 2.16. The summed E-state index contributed by atoms with van der Waals surface area (Å²) in [5.74, 6) is 0. The van der Waals surface area contributed by atoms with Crippen LogP contribution in [0.5, 0.6) is 0 Å². The quantitative estimate of drug-likeness (QED) is 0.887. The monoisotopic (exact) mass is 303 g/mol. The maximum absolute atomic E-state index is 3.64. The van der Waals surface area contributed by atoms with Gasteiger partial charge < -0.3 is 5.32 Å². The van der Waals surface area contributed by atoms with E-state index in [-0.39, 0.29) is 6.04 Å². The third kappa shape index (κ3) is 2.50. The molecule has 2 aromatic carbocycles. The van der Waals surface area contributed by atoms with Gasteiger partial charge in [0, 0.05) is 4.47 Å². The van der Waals surface area contributed by atoms with Crippen molar-refractivity contribution in [3.63, 3.8) is 0 Å². The van der Waals surface area contributed by atoms with Gasteiger partial charge in [-0.25, -0.2) is 0 Å². The standard InChI is InChI=1S/C16H18BrN/c1-11-7-6-9-13(12(11)2)16(18-3)14-8-4-5-10-15(14)17/h4-10,16,18H,1-3H3. The number of halogens is 1. The van der Waals surface area contributed by atoms with Gasteiger partial charge in [0.25, 0.3) is 0 Å². The van der Waals surface area contributed by atoms with E-state index in [4.69, 9.17) is 0 Å². The van der Waals surface area contributed by atoms with Crippen molar-refractivity contribution in [2.75, 3.05) is 7.05 Å². The minimum Gasteiger partial charge on any atom is -0.309 e. The zero-order chi connectivity index (χ0) is 13.1. The molecule has 0 aromatic heterocycles. The predicted octanol–water partition coefficient (Wildman–Crippen LogP) is 4.37. The van der Waals surface area contributed by atoms with Gasteiger partial charge in [0.15, 0.2) is 0 Å². The Morgan fingerprint density at radius 2 is 1.61 bits per heavy atom. The van der Waals surface area contributed by atoms with Crippen LogP contribution in [0.4, 0.5) is 0 Å². The minimum atomic E-state index is 0.223. The fourth-order valence-electron chi connectivity index (χ4n) is 2.27. The molecule has 18 heavy (non-hydrogen) atoms. The molecule has 0 aliphatic rings. The van der Waals surface area contributed by atoms with E-state index < -0.39 is 0 Å². The molecule has 0 saturated carbocycles. The van der Waals surface area contributed by atoms with Crippen LogP contribution in [0.25, 0.3) is 0 Å². The average molecular weight is 304 g/mol. The van der Waals surface area contributed by atoms with E-state index in [2.05, 4.69) is 71.5 Å². The van der Waals surface area contributed by atoms with Crippen LogP contribution < -0.4 is 5.32 Å². The molecule has 2 heteroatoms. The highest BCUT2D eigenvalue weighted by atomic mass is 79.9. The Bertz CT molecular complexity index is 549. The van der Waals surface area contributed by atoms with Crippen molar-refractivity contribution in [1.29, 1.82) is 0 Å². The maximum atomic E-state index is 3.64. The summed E-state index contributed by atoms with van der Waals surface area (Å²) >= 11 is 3.64. The van der Waals surface area contributed by atoms with Gasteiger partial charge in [-0.2, -0.15) is 0 Å². The molecule has 0 spiro atoms. The smallest absolute Gasteiger partial charge is 0.0588 e. The van der Waals surface area contributed by atoms with E-state index in [0.717, 1.165) is 4.47 Å². The summed E-state index contributed by atoms with van der Waals surface area (Å²) in [5, 5.41) is 3.41. The summed E-state index contributed by atoms with van der Waals surface area (Å²) in [7, 11) is 2.01. The summed E-state index contributed by atoms with van der Waals surface area (Å²) in [6, 6.07) is 15.1. The second kappa shape index (κ2) is 5.68. The first-order valence-electron chi connectivity index (χ1n) is 6.13. The van der Waals surface area contributed by atoms with Gasteiger partial charge >= 0.3 is 0 Å². The second-order valence-corrected chi connectivity index (χ2v) is 5.39. The molecule has 0 aliphatic heterocycles. The van der Waals surface area contributed by atoms with Gasteiger partial charge in [-0.1, -0.05) is 52.3 Å². The molecule has 0 bridgehead atoms. The molecule has 1 atom stereocenters. The van der Waals surface area contributed by atoms with Crippen LogP contribution in [-0.4, -0.2) is 7.05 Å². The van der Waals surface area contributed by atoms with E-state index in [1.54, 1.807) is 0 Å². The number of nitrogens with one attached hydrogen (secondary N) is 1. The number of hydrogen-bond donors (Lipinski definition) is 1. The first-order chi connectivity index (χ1) is 8.65. The van der Waals surface area contributed by atoms with E-state index in [1.165, 1.54) is 22.3 Å². The summed E-state index contributed by atoms with van der Waals surface area (Å²) in [6.45, 7) is 4.34. The number of rotatable bonds is 3. The van der Waals surface area contributed by atoms with Crippen LogP contribution in [0, 0.1) is 13.8 Å². The van der Waals surface area contributed by atoms with E-state index >= 15 is 0 Å². The molecule has 94 valence electrons. The Kier molecular flexibility index (Phi) is 4.20. The minimum absolute atomic E-state index is 0.223. The predicted molar refractivity (Wildman–Crippen MR) is 81.0 cm³/mol. The maximum Gasteiger partial charge on any atom is 0.0588 e. The first kappa shape index (κ1) is 13.3. The normalized spacial score (nSPS) is 12.4.